The molecule has 6 nitrogen and oxygen atoms in total. The van der Waals surface area contributed by atoms with Gasteiger partial charge >= 0.3 is 6.09 Å². The normalized spacial score (nSPS) is 17.3. The highest BCUT2D eigenvalue weighted by Crippen LogP contribution is 2.16. The number of nitrogens with zero attached hydrogens (tertiary/aromatic N) is 1. The zero-order chi connectivity index (χ0) is 17.6. The van der Waals surface area contributed by atoms with Crippen molar-refractivity contribution in [3.05, 3.63) is 35.4 Å². The molecular weight excluding hydrogens is 306 g/mol. The first kappa shape index (κ1) is 18.7. The number of hydrogen-bond donors (Lipinski definition) is 2. The largest absolute Gasteiger partial charge is 0.444 e. The molecule has 1 aliphatic rings. The first-order chi connectivity index (χ1) is 11.4. The lowest BCUT2D eigenvalue weighted by Crippen LogP contribution is -2.37. The maximum atomic E-state index is 11.9. The zero-order valence-corrected chi connectivity index (χ0v) is 14.9. The molecule has 1 aromatic carbocycles. The number of ether oxygens (including phenoxy) is 2. The van der Waals surface area contributed by atoms with Crippen LogP contribution >= 0.6 is 0 Å². The average molecular weight is 335 g/mol. The molecule has 1 atom stereocenters. The van der Waals surface area contributed by atoms with Crippen LogP contribution in [0.2, 0.25) is 0 Å². The summed E-state index contributed by atoms with van der Waals surface area (Å²) in [6.45, 7) is 10.3. The summed E-state index contributed by atoms with van der Waals surface area (Å²) in [6.07, 6.45) is -0.449. The molecule has 1 amide bonds. The molecule has 1 fully saturated rings. The Morgan fingerprint density at radius 3 is 2.46 bits per heavy atom. The number of alkyl carbamates (subject to hydrolysis) is 1. The van der Waals surface area contributed by atoms with Crippen molar-refractivity contribution in [2.45, 2.75) is 39.0 Å². The van der Waals surface area contributed by atoms with E-state index in [1.807, 2.05) is 32.9 Å². The van der Waals surface area contributed by atoms with E-state index >= 15 is 0 Å². The van der Waals surface area contributed by atoms with E-state index < -0.39 is 11.7 Å². The summed E-state index contributed by atoms with van der Waals surface area (Å²) < 4.78 is 10.7. The van der Waals surface area contributed by atoms with Crippen LogP contribution in [0.4, 0.5) is 4.79 Å². The van der Waals surface area contributed by atoms with Crippen molar-refractivity contribution >= 4 is 6.09 Å². The molecule has 6 heteroatoms. The Morgan fingerprint density at radius 2 is 1.92 bits per heavy atom. The molecule has 1 aliphatic heterocycles. The molecule has 0 saturated carbocycles. The quantitative estimate of drug-likeness (QED) is 0.861. The summed E-state index contributed by atoms with van der Waals surface area (Å²) in [5.41, 5.74) is 7.51. The number of benzene rings is 1. The third-order valence-electron chi connectivity index (χ3n) is 3.82. The van der Waals surface area contributed by atoms with E-state index in [2.05, 4.69) is 22.3 Å². The van der Waals surface area contributed by atoms with Gasteiger partial charge in [0, 0.05) is 26.2 Å². The predicted molar refractivity (Wildman–Crippen MR) is 93.7 cm³/mol. The second kappa shape index (κ2) is 8.46. The van der Waals surface area contributed by atoms with Gasteiger partial charge in [-0.15, -0.1) is 0 Å². The number of carbonyl (C=O) groups excluding carboxylic acids is 1. The van der Waals surface area contributed by atoms with Crippen molar-refractivity contribution < 1.29 is 14.3 Å². The van der Waals surface area contributed by atoms with Crippen LogP contribution in [0.15, 0.2) is 24.3 Å². The van der Waals surface area contributed by atoms with Gasteiger partial charge in [-0.1, -0.05) is 24.3 Å². The van der Waals surface area contributed by atoms with E-state index in [4.69, 9.17) is 15.2 Å². The molecule has 134 valence electrons. The number of hydrogen-bond acceptors (Lipinski definition) is 5. The van der Waals surface area contributed by atoms with Gasteiger partial charge < -0.3 is 20.5 Å². The summed E-state index contributed by atoms with van der Waals surface area (Å²) in [6, 6.07) is 7.96. The van der Waals surface area contributed by atoms with E-state index in [0.717, 1.165) is 38.4 Å². The molecule has 0 aliphatic carbocycles. The van der Waals surface area contributed by atoms with Crippen molar-refractivity contribution in [2.24, 2.45) is 5.73 Å². The SMILES string of the molecule is CC(C)(C)OC(=O)NC(CN)c1ccc(CN2CCOCC2)cc1. The van der Waals surface area contributed by atoms with Gasteiger partial charge in [0.05, 0.1) is 19.3 Å². The third kappa shape index (κ3) is 6.11. The minimum Gasteiger partial charge on any atom is -0.444 e. The third-order valence-corrected chi connectivity index (χ3v) is 3.82. The number of morpholine rings is 1. The van der Waals surface area contributed by atoms with Crippen LogP contribution in [0.1, 0.15) is 37.9 Å². The number of carbonyl (C=O) groups is 1. The summed E-state index contributed by atoms with van der Waals surface area (Å²) in [7, 11) is 0. The Morgan fingerprint density at radius 1 is 1.29 bits per heavy atom. The fourth-order valence-electron chi connectivity index (χ4n) is 2.60. The van der Waals surface area contributed by atoms with Crippen LogP contribution in [0.5, 0.6) is 0 Å². The number of nitrogens with one attached hydrogen (secondary N) is 1. The van der Waals surface area contributed by atoms with Crippen LogP contribution in [-0.4, -0.2) is 49.4 Å². The molecule has 3 N–H and O–H groups in total. The fourth-order valence-corrected chi connectivity index (χ4v) is 2.60. The molecule has 0 aromatic heterocycles. The molecule has 1 saturated heterocycles. The Labute approximate surface area is 144 Å². The lowest BCUT2D eigenvalue weighted by Gasteiger charge is -2.27. The fraction of sp³-hybridized carbons (Fsp3) is 0.611. The highest BCUT2D eigenvalue weighted by atomic mass is 16.6. The molecule has 1 unspecified atom stereocenters. The Kier molecular flexibility index (Phi) is 6.60. The number of nitrogens with two attached hydrogens (primary N) is 1. The number of amides is 1. The van der Waals surface area contributed by atoms with Crippen LogP contribution in [-0.2, 0) is 16.0 Å². The van der Waals surface area contributed by atoms with Crippen LogP contribution in [0, 0.1) is 0 Å². The first-order valence-electron chi connectivity index (χ1n) is 8.46. The topological polar surface area (TPSA) is 76.8 Å². The second-order valence-electron chi connectivity index (χ2n) is 7.06. The highest BCUT2D eigenvalue weighted by Gasteiger charge is 2.20. The lowest BCUT2D eigenvalue weighted by atomic mass is 10.0. The van der Waals surface area contributed by atoms with Gasteiger partial charge in [-0.3, -0.25) is 4.90 Å². The monoisotopic (exact) mass is 335 g/mol. The average Bonchev–Trinajstić information content (AvgIpc) is 2.53. The maximum absolute atomic E-state index is 11.9. The van der Waals surface area contributed by atoms with E-state index in [0.29, 0.717) is 6.54 Å². The summed E-state index contributed by atoms with van der Waals surface area (Å²) in [4.78, 5) is 14.3. The standard InChI is InChI=1S/C18H29N3O3/c1-18(2,3)24-17(22)20-16(12-19)15-6-4-14(5-7-15)13-21-8-10-23-11-9-21/h4-7,16H,8-13,19H2,1-3H3,(H,20,22). The van der Waals surface area contributed by atoms with Gasteiger partial charge in [-0.2, -0.15) is 0 Å². The zero-order valence-electron chi connectivity index (χ0n) is 14.9. The van der Waals surface area contributed by atoms with E-state index in [-0.39, 0.29) is 6.04 Å². The van der Waals surface area contributed by atoms with E-state index in [9.17, 15) is 4.79 Å². The second-order valence-corrected chi connectivity index (χ2v) is 7.06. The smallest absolute Gasteiger partial charge is 0.408 e. The maximum Gasteiger partial charge on any atom is 0.408 e. The summed E-state index contributed by atoms with van der Waals surface area (Å²) >= 11 is 0. The molecule has 1 aromatic rings. The molecular formula is C18H29N3O3. The summed E-state index contributed by atoms with van der Waals surface area (Å²) in [5.74, 6) is 0. The molecule has 0 spiro atoms. The van der Waals surface area contributed by atoms with Crippen molar-refractivity contribution in [2.75, 3.05) is 32.8 Å². The molecule has 1 heterocycles. The predicted octanol–water partition coefficient (Wildman–Crippen LogP) is 2.04. The van der Waals surface area contributed by atoms with E-state index in [1.165, 1.54) is 5.56 Å². The highest BCUT2D eigenvalue weighted by molar-refractivity contribution is 5.68. The van der Waals surface area contributed by atoms with Gasteiger partial charge in [0.15, 0.2) is 0 Å². The molecule has 0 radical (unpaired) electrons. The van der Waals surface area contributed by atoms with Crippen LogP contribution in [0.25, 0.3) is 0 Å². The van der Waals surface area contributed by atoms with Crippen molar-refractivity contribution in [3.8, 4) is 0 Å². The Bertz CT molecular complexity index is 519. The minimum absolute atomic E-state index is 0.253. The van der Waals surface area contributed by atoms with Crippen molar-refractivity contribution in [1.82, 2.24) is 10.2 Å². The van der Waals surface area contributed by atoms with Gasteiger partial charge in [0.1, 0.15) is 5.60 Å². The molecule has 24 heavy (non-hydrogen) atoms. The van der Waals surface area contributed by atoms with E-state index in [1.54, 1.807) is 0 Å². The Hall–Kier alpha value is -1.63. The van der Waals surface area contributed by atoms with Gasteiger partial charge in [-0.05, 0) is 31.9 Å². The van der Waals surface area contributed by atoms with Crippen molar-refractivity contribution in [1.29, 1.82) is 0 Å². The van der Waals surface area contributed by atoms with Gasteiger partial charge in [-0.25, -0.2) is 4.79 Å². The van der Waals surface area contributed by atoms with Crippen molar-refractivity contribution in [3.63, 3.8) is 0 Å². The first-order valence-corrected chi connectivity index (χ1v) is 8.46. The van der Waals surface area contributed by atoms with Gasteiger partial charge in [0.2, 0.25) is 0 Å². The van der Waals surface area contributed by atoms with Crippen LogP contribution < -0.4 is 11.1 Å². The summed E-state index contributed by atoms with van der Waals surface area (Å²) in [5, 5.41) is 2.83. The Balaban J connectivity index is 1.92. The molecule has 0 bridgehead atoms. The lowest BCUT2D eigenvalue weighted by molar-refractivity contribution is 0.0342. The van der Waals surface area contributed by atoms with Crippen LogP contribution in [0.3, 0.4) is 0 Å². The van der Waals surface area contributed by atoms with Gasteiger partial charge in [0.25, 0.3) is 0 Å². The number of rotatable bonds is 5. The molecule has 2 rings (SSSR count). The minimum atomic E-state index is -0.523.